The first-order chi connectivity index (χ1) is 14.7. The van der Waals surface area contributed by atoms with Crippen LogP contribution in [0.15, 0.2) is 47.4 Å². The molecule has 2 aromatic rings. The average molecular weight is 447 g/mol. The molecule has 31 heavy (non-hydrogen) atoms. The number of likely N-dealkylation sites (N-methyl/N-ethyl adjacent to an activating group) is 1. The van der Waals surface area contributed by atoms with Crippen molar-refractivity contribution in [2.45, 2.75) is 49.6 Å². The third-order valence-corrected chi connectivity index (χ3v) is 7.81. The average Bonchev–Trinajstić information content (AvgIpc) is 2.78. The van der Waals surface area contributed by atoms with Crippen molar-refractivity contribution in [1.82, 2.24) is 4.90 Å². The van der Waals surface area contributed by atoms with Crippen LogP contribution in [0.4, 0.5) is 5.69 Å². The standard InChI is InChI=1S/C23H30N2O5S/c1-16-9-10-17(23(27)24(2)20-7-5-6-8-22(20)26)15-21(16)25(3)31(28,29)19-13-11-18(30-4)12-14-19/h9-15,20,22,26H,5-8H2,1-4H3/t20-,22-/m1/s1. The zero-order chi connectivity index (χ0) is 22.8. The van der Waals surface area contributed by atoms with E-state index in [4.69, 9.17) is 4.74 Å². The van der Waals surface area contributed by atoms with Crippen LogP contribution in [-0.2, 0) is 10.0 Å². The first kappa shape index (κ1) is 23.1. The molecule has 0 radical (unpaired) electrons. The number of hydrogen-bond acceptors (Lipinski definition) is 5. The second kappa shape index (κ2) is 9.28. The van der Waals surface area contributed by atoms with E-state index >= 15 is 0 Å². The summed E-state index contributed by atoms with van der Waals surface area (Å²) in [5, 5.41) is 10.3. The third kappa shape index (κ3) is 4.70. The van der Waals surface area contributed by atoms with Gasteiger partial charge in [0.15, 0.2) is 0 Å². The van der Waals surface area contributed by atoms with Gasteiger partial charge in [-0.05, 0) is 61.7 Å². The molecule has 0 aliphatic heterocycles. The van der Waals surface area contributed by atoms with Crippen molar-refractivity contribution in [2.24, 2.45) is 0 Å². The summed E-state index contributed by atoms with van der Waals surface area (Å²) in [7, 11) is 0.870. The Kier molecular flexibility index (Phi) is 6.91. The zero-order valence-corrected chi connectivity index (χ0v) is 19.2. The molecule has 168 valence electrons. The lowest BCUT2D eigenvalue weighted by Crippen LogP contribution is -2.46. The maximum atomic E-state index is 13.1. The lowest BCUT2D eigenvalue weighted by molar-refractivity contribution is 0.0268. The molecule has 1 fully saturated rings. The van der Waals surface area contributed by atoms with Gasteiger partial charge in [-0.15, -0.1) is 0 Å². The van der Waals surface area contributed by atoms with Crippen LogP contribution in [0.25, 0.3) is 0 Å². The molecule has 0 bridgehead atoms. The Morgan fingerprint density at radius 1 is 1.06 bits per heavy atom. The van der Waals surface area contributed by atoms with Crippen LogP contribution in [0.3, 0.4) is 0 Å². The summed E-state index contributed by atoms with van der Waals surface area (Å²) >= 11 is 0. The van der Waals surface area contributed by atoms with Gasteiger partial charge in [-0.2, -0.15) is 0 Å². The lowest BCUT2D eigenvalue weighted by Gasteiger charge is -2.35. The molecule has 3 rings (SSSR count). The number of amides is 1. The van der Waals surface area contributed by atoms with Crippen LogP contribution >= 0.6 is 0 Å². The van der Waals surface area contributed by atoms with Gasteiger partial charge in [0.25, 0.3) is 15.9 Å². The van der Waals surface area contributed by atoms with Gasteiger partial charge in [-0.25, -0.2) is 8.42 Å². The molecule has 1 saturated carbocycles. The maximum Gasteiger partial charge on any atom is 0.264 e. The maximum absolute atomic E-state index is 13.1. The SMILES string of the molecule is COc1ccc(S(=O)(=O)N(C)c2cc(C(=O)N(C)[C@@H]3CCCC[C@H]3O)ccc2C)cc1. The molecule has 2 aromatic carbocycles. The van der Waals surface area contributed by atoms with E-state index < -0.39 is 16.1 Å². The fourth-order valence-corrected chi connectivity index (χ4v) is 5.27. The topological polar surface area (TPSA) is 87.2 Å². The van der Waals surface area contributed by atoms with Crippen LogP contribution in [-0.4, -0.2) is 57.7 Å². The van der Waals surface area contributed by atoms with E-state index in [9.17, 15) is 18.3 Å². The molecular formula is C23H30N2O5S. The fourth-order valence-electron chi connectivity index (χ4n) is 4.01. The third-order valence-electron chi connectivity index (χ3n) is 6.02. The summed E-state index contributed by atoms with van der Waals surface area (Å²) < 4.78 is 32.6. The van der Waals surface area contributed by atoms with Crippen molar-refractivity contribution in [1.29, 1.82) is 0 Å². The number of benzene rings is 2. The van der Waals surface area contributed by atoms with Gasteiger partial charge < -0.3 is 14.7 Å². The quantitative estimate of drug-likeness (QED) is 0.736. The van der Waals surface area contributed by atoms with Gasteiger partial charge in [-0.1, -0.05) is 18.9 Å². The van der Waals surface area contributed by atoms with Crippen LogP contribution in [0.2, 0.25) is 0 Å². The van der Waals surface area contributed by atoms with Gasteiger partial charge >= 0.3 is 0 Å². The molecule has 0 heterocycles. The predicted molar refractivity (Wildman–Crippen MR) is 120 cm³/mol. The number of hydrogen-bond donors (Lipinski definition) is 1. The van der Waals surface area contributed by atoms with E-state index in [1.54, 1.807) is 49.2 Å². The number of carbonyl (C=O) groups excluding carboxylic acids is 1. The van der Waals surface area contributed by atoms with Gasteiger partial charge in [0, 0.05) is 19.7 Å². The summed E-state index contributed by atoms with van der Waals surface area (Å²) in [6, 6.07) is 11.0. The molecule has 0 saturated heterocycles. The second-order valence-electron chi connectivity index (χ2n) is 7.98. The molecule has 2 atom stereocenters. The van der Waals surface area contributed by atoms with Crippen LogP contribution in [0, 0.1) is 6.92 Å². The Labute approximate surface area is 184 Å². The second-order valence-corrected chi connectivity index (χ2v) is 9.95. The lowest BCUT2D eigenvalue weighted by atomic mass is 9.91. The van der Waals surface area contributed by atoms with Crippen molar-refractivity contribution in [3.8, 4) is 5.75 Å². The summed E-state index contributed by atoms with van der Waals surface area (Å²) in [4.78, 5) is 14.8. The summed E-state index contributed by atoms with van der Waals surface area (Å²) in [6.07, 6.45) is 2.84. The highest BCUT2D eigenvalue weighted by atomic mass is 32.2. The Morgan fingerprint density at radius 3 is 2.32 bits per heavy atom. The molecular weight excluding hydrogens is 416 g/mol. The Bertz CT molecular complexity index is 1040. The van der Waals surface area contributed by atoms with Gasteiger partial charge in [0.2, 0.25) is 0 Å². The summed E-state index contributed by atoms with van der Waals surface area (Å²) in [5.41, 5.74) is 1.55. The number of ether oxygens (including phenoxy) is 1. The number of aliphatic hydroxyl groups is 1. The van der Waals surface area contributed by atoms with E-state index in [2.05, 4.69) is 0 Å². The predicted octanol–water partition coefficient (Wildman–Crippen LogP) is 3.20. The highest BCUT2D eigenvalue weighted by Gasteiger charge is 2.30. The number of sulfonamides is 1. The summed E-state index contributed by atoms with van der Waals surface area (Å²) in [5.74, 6) is 0.334. The minimum atomic E-state index is -3.82. The van der Waals surface area contributed by atoms with Crippen LogP contribution < -0.4 is 9.04 Å². The van der Waals surface area contributed by atoms with Crippen LogP contribution in [0.5, 0.6) is 5.75 Å². The zero-order valence-electron chi connectivity index (χ0n) is 18.4. The highest BCUT2D eigenvalue weighted by Crippen LogP contribution is 2.29. The van der Waals surface area contributed by atoms with Crippen molar-refractivity contribution in [2.75, 3.05) is 25.5 Å². The minimum absolute atomic E-state index is 0.134. The smallest absolute Gasteiger partial charge is 0.264 e. The molecule has 1 N–H and O–H groups in total. The molecule has 1 aliphatic carbocycles. The number of nitrogens with zero attached hydrogens (tertiary/aromatic N) is 2. The van der Waals surface area contributed by atoms with Gasteiger partial charge in [-0.3, -0.25) is 9.10 Å². The molecule has 0 unspecified atom stereocenters. The number of carbonyl (C=O) groups is 1. The molecule has 1 aliphatic rings. The largest absolute Gasteiger partial charge is 0.497 e. The van der Waals surface area contributed by atoms with Crippen LogP contribution in [0.1, 0.15) is 41.6 Å². The van der Waals surface area contributed by atoms with E-state index in [1.165, 1.54) is 30.6 Å². The first-order valence-corrected chi connectivity index (χ1v) is 11.8. The monoisotopic (exact) mass is 446 g/mol. The van der Waals surface area contributed by atoms with E-state index in [0.717, 1.165) is 24.8 Å². The normalized spacial score (nSPS) is 19.0. The number of rotatable bonds is 6. The summed E-state index contributed by atoms with van der Waals surface area (Å²) in [6.45, 7) is 1.80. The molecule has 0 aromatic heterocycles. The number of anilines is 1. The number of aliphatic hydroxyl groups excluding tert-OH is 1. The van der Waals surface area contributed by atoms with Crippen molar-refractivity contribution in [3.05, 3.63) is 53.6 Å². The van der Waals surface area contributed by atoms with Gasteiger partial charge in [0.05, 0.1) is 29.8 Å². The van der Waals surface area contributed by atoms with E-state index in [0.29, 0.717) is 23.4 Å². The first-order valence-electron chi connectivity index (χ1n) is 10.4. The number of aryl methyl sites for hydroxylation is 1. The van der Waals surface area contributed by atoms with E-state index in [1.807, 2.05) is 0 Å². The Morgan fingerprint density at radius 2 is 1.71 bits per heavy atom. The highest BCUT2D eigenvalue weighted by molar-refractivity contribution is 7.92. The molecule has 7 nitrogen and oxygen atoms in total. The van der Waals surface area contributed by atoms with Crippen molar-refractivity contribution < 1.29 is 23.1 Å². The minimum Gasteiger partial charge on any atom is -0.497 e. The van der Waals surface area contributed by atoms with Crippen molar-refractivity contribution >= 4 is 21.6 Å². The molecule has 0 spiro atoms. The van der Waals surface area contributed by atoms with Gasteiger partial charge in [0.1, 0.15) is 5.75 Å². The van der Waals surface area contributed by atoms with E-state index in [-0.39, 0.29) is 16.8 Å². The fraction of sp³-hybridized carbons (Fsp3) is 0.435. The number of methoxy groups -OCH3 is 1. The van der Waals surface area contributed by atoms with Crippen molar-refractivity contribution in [3.63, 3.8) is 0 Å². The molecule has 8 heteroatoms. The molecule has 1 amide bonds. The Hall–Kier alpha value is -2.58. The Balaban J connectivity index is 1.89.